The van der Waals surface area contributed by atoms with Crippen molar-refractivity contribution in [1.29, 1.82) is 0 Å². The zero-order valence-electron chi connectivity index (χ0n) is 28.6. The van der Waals surface area contributed by atoms with Crippen LogP contribution in [-0.4, -0.2) is 15.0 Å². The standard InChI is InChI=1S/C48H35N3/c1-48(2)42-13-7-6-12-40(42)41-25-23-37(28-43(41)48)35-19-15-33(16-20-35)34-17-21-36(22-18-34)38-24-26-45(50-31-38)47-30-39(32-10-4-3-5-11-32)29-46(51-47)44-14-8-9-27-49-44/h3-31H,1-2H3. The van der Waals surface area contributed by atoms with E-state index in [0.29, 0.717) is 0 Å². The summed E-state index contributed by atoms with van der Waals surface area (Å²) in [6, 6.07) is 58.0. The fourth-order valence-corrected chi connectivity index (χ4v) is 7.41. The van der Waals surface area contributed by atoms with Gasteiger partial charge < -0.3 is 0 Å². The van der Waals surface area contributed by atoms with Crippen molar-refractivity contribution in [2.24, 2.45) is 0 Å². The number of fused-ring (bicyclic) bond motifs is 3. The predicted octanol–water partition coefficient (Wildman–Crippen LogP) is 12.2. The lowest BCUT2D eigenvalue weighted by Crippen LogP contribution is -2.14. The number of rotatable bonds is 6. The van der Waals surface area contributed by atoms with E-state index >= 15 is 0 Å². The van der Waals surface area contributed by atoms with Crippen LogP contribution in [0.2, 0.25) is 0 Å². The van der Waals surface area contributed by atoms with Crippen LogP contribution in [-0.2, 0) is 5.41 Å². The van der Waals surface area contributed by atoms with E-state index in [1.54, 1.807) is 6.20 Å². The number of aromatic nitrogens is 3. The zero-order chi connectivity index (χ0) is 34.4. The molecule has 3 nitrogen and oxygen atoms in total. The van der Waals surface area contributed by atoms with E-state index in [1.807, 2.05) is 30.5 Å². The molecule has 0 radical (unpaired) electrons. The fourth-order valence-electron chi connectivity index (χ4n) is 7.41. The first-order valence-corrected chi connectivity index (χ1v) is 17.4. The molecule has 9 rings (SSSR count). The molecule has 3 heteroatoms. The minimum Gasteiger partial charge on any atom is -0.255 e. The third-order valence-corrected chi connectivity index (χ3v) is 10.2. The van der Waals surface area contributed by atoms with E-state index in [-0.39, 0.29) is 5.41 Å². The number of hydrogen-bond acceptors (Lipinski definition) is 3. The highest BCUT2D eigenvalue weighted by molar-refractivity contribution is 5.84. The van der Waals surface area contributed by atoms with Gasteiger partial charge in [-0.2, -0.15) is 0 Å². The van der Waals surface area contributed by atoms with E-state index in [4.69, 9.17) is 9.97 Å². The second-order valence-corrected chi connectivity index (χ2v) is 13.7. The van der Waals surface area contributed by atoms with Crippen molar-refractivity contribution >= 4 is 0 Å². The molecule has 0 unspecified atom stereocenters. The molecular formula is C48H35N3. The maximum absolute atomic E-state index is 4.98. The third kappa shape index (κ3) is 5.63. The number of hydrogen-bond donors (Lipinski definition) is 0. The predicted molar refractivity (Wildman–Crippen MR) is 210 cm³/mol. The van der Waals surface area contributed by atoms with Gasteiger partial charge >= 0.3 is 0 Å². The molecule has 51 heavy (non-hydrogen) atoms. The zero-order valence-corrected chi connectivity index (χ0v) is 28.6. The Labute approximate surface area is 299 Å². The summed E-state index contributed by atoms with van der Waals surface area (Å²) in [4.78, 5) is 14.4. The highest BCUT2D eigenvalue weighted by atomic mass is 14.8. The van der Waals surface area contributed by atoms with Gasteiger partial charge in [-0.05, 0) is 97.6 Å². The Morgan fingerprint density at radius 2 is 0.882 bits per heavy atom. The molecule has 1 aliphatic carbocycles. The molecule has 8 aromatic rings. The van der Waals surface area contributed by atoms with E-state index in [0.717, 1.165) is 45.0 Å². The van der Waals surface area contributed by atoms with Gasteiger partial charge in [0, 0.05) is 23.4 Å². The van der Waals surface area contributed by atoms with E-state index in [2.05, 4.69) is 158 Å². The molecule has 0 N–H and O–H groups in total. The number of pyridine rings is 3. The molecule has 3 heterocycles. The summed E-state index contributed by atoms with van der Waals surface area (Å²) in [5.74, 6) is 0. The summed E-state index contributed by atoms with van der Waals surface area (Å²) in [5, 5.41) is 0. The molecule has 0 atom stereocenters. The maximum Gasteiger partial charge on any atom is 0.0900 e. The summed E-state index contributed by atoms with van der Waals surface area (Å²) in [6.45, 7) is 4.67. The fraction of sp³-hybridized carbons (Fsp3) is 0.0625. The van der Waals surface area contributed by atoms with Crippen molar-refractivity contribution in [2.45, 2.75) is 19.3 Å². The molecule has 5 aromatic carbocycles. The van der Waals surface area contributed by atoms with Crippen LogP contribution in [0.5, 0.6) is 0 Å². The minimum absolute atomic E-state index is 0.00654. The third-order valence-electron chi connectivity index (χ3n) is 10.2. The van der Waals surface area contributed by atoms with Crippen LogP contribution in [0.25, 0.3) is 78.4 Å². The molecule has 0 fully saturated rings. The largest absolute Gasteiger partial charge is 0.255 e. The van der Waals surface area contributed by atoms with Gasteiger partial charge in [0.2, 0.25) is 0 Å². The first kappa shape index (κ1) is 30.6. The second kappa shape index (κ2) is 12.5. The van der Waals surface area contributed by atoms with Gasteiger partial charge in [0.25, 0.3) is 0 Å². The molecule has 242 valence electrons. The second-order valence-electron chi connectivity index (χ2n) is 13.7. The summed E-state index contributed by atoms with van der Waals surface area (Å²) < 4.78 is 0. The quantitative estimate of drug-likeness (QED) is 0.179. The van der Waals surface area contributed by atoms with Crippen LogP contribution in [0.4, 0.5) is 0 Å². The summed E-state index contributed by atoms with van der Waals surface area (Å²) in [7, 11) is 0. The Morgan fingerprint density at radius 3 is 1.53 bits per heavy atom. The Bertz CT molecular complexity index is 2440. The Hall–Kier alpha value is -6.45. The monoisotopic (exact) mass is 653 g/mol. The molecule has 3 aromatic heterocycles. The Morgan fingerprint density at radius 1 is 0.353 bits per heavy atom. The molecular weight excluding hydrogens is 619 g/mol. The van der Waals surface area contributed by atoms with E-state index in [9.17, 15) is 0 Å². The molecule has 0 saturated heterocycles. The average molecular weight is 654 g/mol. The van der Waals surface area contributed by atoms with Crippen molar-refractivity contribution in [3.63, 3.8) is 0 Å². The normalized spacial score (nSPS) is 12.7. The molecule has 0 bridgehead atoms. The van der Waals surface area contributed by atoms with E-state index < -0.39 is 0 Å². The summed E-state index contributed by atoms with van der Waals surface area (Å²) >= 11 is 0. The smallest absolute Gasteiger partial charge is 0.0900 e. The van der Waals surface area contributed by atoms with Crippen molar-refractivity contribution in [1.82, 2.24) is 15.0 Å². The lowest BCUT2D eigenvalue weighted by atomic mass is 9.81. The van der Waals surface area contributed by atoms with Crippen molar-refractivity contribution < 1.29 is 0 Å². The van der Waals surface area contributed by atoms with Crippen LogP contribution in [0.3, 0.4) is 0 Å². The SMILES string of the molecule is CC1(C)c2ccccc2-c2ccc(-c3ccc(-c4ccc(-c5ccc(-c6cc(-c7ccccc7)cc(-c7ccccn7)n6)nc5)cc4)cc3)cc21. The van der Waals surface area contributed by atoms with Crippen molar-refractivity contribution in [3.05, 3.63) is 187 Å². The van der Waals surface area contributed by atoms with Crippen LogP contribution in [0.15, 0.2) is 176 Å². The first-order valence-electron chi connectivity index (χ1n) is 17.4. The summed E-state index contributed by atoms with van der Waals surface area (Å²) in [5.41, 5.74) is 18.1. The Kier molecular flexibility index (Phi) is 7.48. The minimum atomic E-state index is -0.00654. The van der Waals surface area contributed by atoms with Crippen molar-refractivity contribution in [2.75, 3.05) is 0 Å². The van der Waals surface area contributed by atoms with Crippen molar-refractivity contribution in [3.8, 4) is 78.4 Å². The van der Waals surface area contributed by atoms with Crippen LogP contribution >= 0.6 is 0 Å². The summed E-state index contributed by atoms with van der Waals surface area (Å²) in [6.07, 6.45) is 3.74. The van der Waals surface area contributed by atoms with Gasteiger partial charge in [0.1, 0.15) is 0 Å². The maximum atomic E-state index is 4.98. The number of nitrogens with zero attached hydrogens (tertiary/aromatic N) is 3. The topological polar surface area (TPSA) is 38.7 Å². The molecule has 0 spiro atoms. The lowest BCUT2D eigenvalue weighted by Gasteiger charge is -2.22. The molecule has 0 saturated carbocycles. The first-order chi connectivity index (χ1) is 25.0. The van der Waals surface area contributed by atoms with Gasteiger partial charge in [0.15, 0.2) is 0 Å². The highest BCUT2D eigenvalue weighted by Gasteiger charge is 2.35. The van der Waals surface area contributed by atoms with Gasteiger partial charge in [-0.1, -0.05) is 141 Å². The van der Waals surface area contributed by atoms with Gasteiger partial charge in [-0.15, -0.1) is 0 Å². The molecule has 0 amide bonds. The molecule has 0 aliphatic heterocycles. The van der Waals surface area contributed by atoms with Gasteiger partial charge in [0.05, 0.1) is 22.8 Å². The highest BCUT2D eigenvalue weighted by Crippen LogP contribution is 2.49. The Balaban J connectivity index is 0.952. The van der Waals surface area contributed by atoms with Crippen LogP contribution < -0.4 is 0 Å². The van der Waals surface area contributed by atoms with Gasteiger partial charge in [-0.3, -0.25) is 9.97 Å². The molecule has 1 aliphatic rings. The van der Waals surface area contributed by atoms with Crippen LogP contribution in [0.1, 0.15) is 25.0 Å². The van der Waals surface area contributed by atoms with E-state index in [1.165, 1.54) is 44.5 Å². The number of benzene rings is 5. The van der Waals surface area contributed by atoms with Crippen LogP contribution in [0, 0.1) is 0 Å². The van der Waals surface area contributed by atoms with Gasteiger partial charge in [-0.25, -0.2) is 4.98 Å². The lowest BCUT2D eigenvalue weighted by molar-refractivity contribution is 0.660. The average Bonchev–Trinajstić information content (AvgIpc) is 3.44.